The Bertz CT molecular complexity index is 561. The summed E-state index contributed by atoms with van der Waals surface area (Å²) in [5.41, 5.74) is 2.21. The summed E-state index contributed by atoms with van der Waals surface area (Å²) in [6.07, 6.45) is 3.87. The summed E-state index contributed by atoms with van der Waals surface area (Å²) in [6, 6.07) is 5.73. The molecular formula is C14H15FN2O. The molecule has 3 rings (SSSR count). The largest absolute Gasteiger partial charge is 0.443 e. The second-order valence-electron chi connectivity index (χ2n) is 4.75. The van der Waals surface area contributed by atoms with Crippen LogP contribution in [0.1, 0.15) is 24.1 Å². The van der Waals surface area contributed by atoms with Gasteiger partial charge in [0.05, 0.1) is 0 Å². The molecule has 0 radical (unpaired) electrons. The zero-order valence-electron chi connectivity index (χ0n) is 10.2. The van der Waals surface area contributed by atoms with Gasteiger partial charge in [-0.1, -0.05) is 12.1 Å². The van der Waals surface area contributed by atoms with Crippen molar-refractivity contribution in [3.8, 4) is 11.3 Å². The molecule has 1 aromatic carbocycles. The second-order valence-corrected chi connectivity index (χ2v) is 4.75. The SMILES string of the molecule is Cc1ccc(-c2ocnc2CNC2CC2)cc1F. The van der Waals surface area contributed by atoms with E-state index in [4.69, 9.17) is 4.42 Å². The Kier molecular flexibility index (Phi) is 2.88. The first-order valence-corrected chi connectivity index (χ1v) is 6.16. The highest BCUT2D eigenvalue weighted by Crippen LogP contribution is 2.26. The highest BCUT2D eigenvalue weighted by atomic mass is 19.1. The number of halogens is 1. The van der Waals surface area contributed by atoms with Gasteiger partial charge in [-0.15, -0.1) is 0 Å². The fourth-order valence-electron chi connectivity index (χ4n) is 1.89. The lowest BCUT2D eigenvalue weighted by molar-refractivity contribution is 0.567. The number of aryl methyl sites for hydroxylation is 1. The first-order valence-electron chi connectivity index (χ1n) is 6.16. The number of rotatable bonds is 4. The fourth-order valence-corrected chi connectivity index (χ4v) is 1.89. The predicted molar refractivity (Wildman–Crippen MR) is 66.5 cm³/mol. The second kappa shape index (κ2) is 4.53. The molecule has 0 aliphatic heterocycles. The Morgan fingerprint density at radius 2 is 2.28 bits per heavy atom. The van der Waals surface area contributed by atoms with Crippen LogP contribution in [0.3, 0.4) is 0 Å². The third-order valence-electron chi connectivity index (χ3n) is 3.21. The van der Waals surface area contributed by atoms with Crippen molar-refractivity contribution < 1.29 is 8.81 Å². The third kappa shape index (κ3) is 2.29. The first kappa shape index (κ1) is 11.4. The zero-order valence-corrected chi connectivity index (χ0v) is 10.2. The minimum atomic E-state index is -0.218. The lowest BCUT2D eigenvalue weighted by atomic mass is 10.1. The minimum absolute atomic E-state index is 0.218. The van der Waals surface area contributed by atoms with Gasteiger partial charge in [-0.25, -0.2) is 9.37 Å². The molecule has 2 aromatic rings. The summed E-state index contributed by atoms with van der Waals surface area (Å²) >= 11 is 0. The highest BCUT2D eigenvalue weighted by Gasteiger charge is 2.21. The van der Waals surface area contributed by atoms with Gasteiger partial charge in [-0.3, -0.25) is 0 Å². The van der Waals surface area contributed by atoms with E-state index in [2.05, 4.69) is 10.3 Å². The number of hydrogen-bond donors (Lipinski definition) is 1. The Hall–Kier alpha value is -1.68. The number of hydrogen-bond acceptors (Lipinski definition) is 3. The number of aromatic nitrogens is 1. The summed E-state index contributed by atoms with van der Waals surface area (Å²) in [5, 5.41) is 3.38. The van der Waals surface area contributed by atoms with E-state index in [-0.39, 0.29) is 5.82 Å². The van der Waals surface area contributed by atoms with Crippen LogP contribution in [-0.4, -0.2) is 11.0 Å². The Labute approximate surface area is 105 Å². The number of benzene rings is 1. The van der Waals surface area contributed by atoms with E-state index in [0.29, 0.717) is 23.9 Å². The summed E-state index contributed by atoms with van der Waals surface area (Å²) in [5.74, 6) is 0.437. The van der Waals surface area contributed by atoms with Gasteiger partial charge in [-0.05, 0) is 31.4 Å². The van der Waals surface area contributed by atoms with Crippen molar-refractivity contribution in [2.75, 3.05) is 0 Å². The molecule has 0 unspecified atom stereocenters. The van der Waals surface area contributed by atoms with Crippen LogP contribution >= 0.6 is 0 Å². The maximum atomic E-state index is 13.5. The Balaban J connectivity index is 1.85. The number of nitrogens with zero attached hydrogens (tertiary/aromatic N) is 1. The summed E-state index contributed by atoms with van der Waals surface area (Å²) < 4.78 is 18.9. The molecule has 0 bridgehead atoms. The van der Waals surface area contributed by atoms with Gasteiger partial charge in [0, 0.05) is 18.2 Å². The molecule has 94 valence electrons. The van der Waals surface area contributed by atoms with Crippen LogP contribution in [0, 0.1) is 12.7 Å². The van der Waals surface area contributed by atoms with Crippen molar-refractivity contribution >= 4 is 0 Å². The van der Waals surface area contributed by atoms with Crippen molar-refractivity contribution in [1.82, 2.24) is 10.3 Å². The Morgan fingerprint density at radius 1 is 1.44 bits per heavy atom. The third-order valence-corrected chi connectivity index (χ3v) is 3.21. The van der Waals surface area contributed by atoms with Crippen molar-refractivity contribution in [3.63, 3.8) is 0 Å². The van der Waals surface area contributed by atoms with Gasteiger partial charge in [0.2, 0.25) is 0 Å². The molecule has 1 saturated carbocycles. The lowest BCUT2D eigenvalue weighted by Crippen LogP contribution is -2.15. The van der Waals surface area contributed by atoms with Gasteiger partial charge in [0.15, 0.2) is 12.2 Å². The Morgan fingerprint density at radius 3 is 3.00 bits per heavy atom. The first-order chi connectivity index (χ1) is 8.74. The quantitative estimate of drug-likeness (QED) is 0.901. The summed E-state index contributed by atoms with van der Waals surface area (Å²) in [7, 11) is 0. The van der Waals surface area contributed by atoms with Crippen molar-refractivity contribution in [2.45, 2.75) is 32.4 Å². The highest BCUT2D eigenvalue weighted by molar-refractivity contribution is 5.60. The van der Waals surface area contributed by atoms with Gasteiger partial charge >= 0.3 is 0 Å². The van der Waals surface area contributed by atoms with E-state index < -0.39 is 0 Å². The van der Waals surface area contributed by atoms with Crippen LogP contribution in [-0.2, 0) is 6.54 Å². The van der Waals surface area contributed by atoms with E-state index in [0.717, 1.165) is 11.3 Å². The zero-order chi connectivity index (χ0) is 12.5. The van der Waals surface area contributed by atoms with E-state index in [9.17, 15) is 4.39 Å². The summed E-state index contributed by atoms with van der Waals surface area (Å²) in [6.45, 7) is 2.42. The van der Waals surface area contributed by atoms with Gasteiger partial charge in [0.25, 0.3) is 0 Å². The van der Waals surface area contributed by atoms with Crippen LogP contribution in [0.2, 0.25) is 0 Å². The normalized spacial score (nSPS) is 15.0. The average Bonchev–Trinajstić information content (AvgIpc) is 3.08. The molecule has 4 heteroatoms. The lowest BCUT2D eigenvalue weighted by Gasteiger charge is -2.04. The minimum Gasteiger partial charge on any atom is -0.443 e. The van der Waals surface area contributed by atoms with Crippen molar-refractivity contribution in [1.29, 1.82) is 0 Å². The van der Waals surface area contributed by atoms with Crippen LogP contribution in [0.4, 0.5) is 4.39 Å². The molecule has 0 amide bonds. The predicted octanol–water partition coefficient (Wildman–Crippen LogP) is 3.04. The molecule has 1 aliphatic carbocycles. The van der Waals surface area contributed by atoms with Crippen molar-refractivity contribution in [3.05, 3.63) is 41.7 Å². The maximum Gasteiger partial charge on any atom is 0.181 e. The molecule has 1 fully saturated rings. The molecule has 1 N–H and O–H groups in total. The molecule has 0 spiro atoms. The molecule has 1 aliphatic rings. The average molecular weight is 246 g/mol. The molecule has 3 nitrogen and oxygen atoms in total. The van der Waals surface area contributed by atoms with Gasteiger partial charge < -0.3 is 9.73 Å². The van der Waals surface area contributed by atoms with Crippen LogP contribution in [0.5, 0.6) is 0 Å². The van der Waals surface area contributed by atoms with E-state index >= 15 is 0 Å². The molecule has 1 heterocycles. The molecule has 0 saturated heterocycles. The molecule has 0 atom stereocenters. The maximum absolute atomic E-state index is 13.5. The number of oxazole rings is 1. The van der Waals surface area contributed by atoms with E-state index in [1.54, 1.807) is 13.0 Å². The van der Waals surface area contributed by atoms with Gasteiger partial charge in [-0.2, -0.15) is 0 Å². The van der Waals surface area contributed by atoms with Crippen LogP contribution < -0.4 is 5.32 Å². The summed E-state index contributed by atoms with van der Waals surface area (Å²) in [4.78, 5) is 4.19. The van der Waals surface area contributed by atoms with Crippen molar-refractivity contribution in [2.24, 2.45) is 0 Å². The smallest absolute Gasteiger partial charge is 0.181 e. The molecular weight excluding hydrogens is 231 g/mol. The monoisotopic (exact) mass is 246 g/mol. The van der Waals surface area contributed by atoms with Crippen LogP contribution in [0.25, 0.3) is 11.3 Å². The fraction of sp³-hybridized carbons (Fsp3) is 0.357. The standard InChI is InChI=1S/C14H15FN2O/c1-9-2-3-10(6-12(9)15)14-13(17-8-18-14)7-16-11-4-5-11/h2-3,6,8,11,16H,4-5,7H2,1H3. The van der Waals surface area contributed by atoms with E-state index in [1.807, 2.05) is 6.07 Å². The molecule has 18 heavy (non-hydrogen) atoms. The van der Waals surface area contributed by atoms with Gasteiger partial charge in [0.1, 0.15) is 11.5 Å². The molecule has 1 aromatic heterocycles. The number of nitrogens with one attached hydrogen (secondary N) is 1. The topological polar surface area (TPSA) is 38.1 Å². The van der Waals surface area contributed by atoms with E-state index in [1.165, 1.54) is 25.3 Å². The van der Waals surface area contributed by atoms with Crippen LogP contribution in [0.15, 0.2) is 29.0 Å².